The summed E-state index contributed by atoms with van der Waals surface area (Å²) in [6.45, 7) is 0. The van der Waals surface area contributed by atoms with Crippen molar-refractivity contribution in [3.63, 3.8) is 0 Å². The number of nitrogens with zero attached hydrogens (tertiary/aromatic N) is 3. The van der Waals surface area contributed by atoms with Crippen LogP contribution in [0, 0.1) is 0 Å². The van der Waals surface area contributed by atoms with E-state index < -0.39 is 0 Å². The number of benzene rings is 2. The molecule has 0 unspecified atom stereocenters. The molecule has 5 aromatic rings. The molecule has 5 nitrogen and oxygen atoms in total. The Morgan fingerprint density at radius 1 is 1.04 bits per heavy atom. The summed E-state index contributed by atoms with van der Waals surface area (Å²) in [7, 11) is 0. The van der Waals surface area contributed by atoms with E-state index in [2.05, 4.69) is 36.9 Å². The Kier molecular flexibility index (Phi) is 2.57. The molecule has 0 saturated carbocycles. The molecule has 6 heteroatoms. The fraction of sp³-hybridized carbons (Fsp3) is 0. The average Bonchev–Trinajstić information content (AvgIpc) is 3.13. The third kappa shape index (κ3) is 1.95. The Balaban J connectivity index is 1.76. The molecule has 0 atom stereocenters. The largest absolute Gasteiger partial charge is 0.375 e. The highest BCUT2D eigenvalue weighted by atomic mass is 79.9. The van der Waals surface area contributed by atoms with Gasteiger partial charge in [0.05, 0.1) is 5.52 Å². The van der Waals surface area contributed by atoms with Gasteiger partial charge in [0.2, 0.25) is 5.65 Å². The zero-order valence-corrected chi connectivity index (χ0v) is 13.5. The second-order valence-corrected chi connectivity index (χ2v) is 6.34. The molecule has 2 N–H and O–H groups in total. The first-order chi connectivity index (χ1) is 11.3. The molecule has 0 aliphatic rings. The number of imidazole rings is 1. The number of para-hydroxylation sites is 1. The summed E-state index contributed by atoms with van der Waals surface area (Å²) in [6.07, 6.45) is 1.94. The number of aromatic amines is 2. The number of hydrogen-bond acceptors (Lipinski definition) is 2. The average molecular weight is 365 g/mol. The molecule has 0 radical (unpaired) electrons. The van der Waals surface area contributed by atoms with E-state index in [1.165, 1.54) is 0 Å². The van der Waals surface area contributed by atoms with E-state index in [-0.39, 0.29) is 0 Å². The van der Waals surface area contributed by atoms with Crippen molar-refractivity contribution in [2.75, 3.05) is 0 Å². The second kappa shape index (κ2) is 4.63. The third-order valence-electron chi connectivity index (χ3n) is 3.95. The number of aromatic nitrogens is 5. The molecular formula is C17H11BrN5+. The van der Waals surface area contributed by atoms with Crippen molar-refractivity contribution in [3.05, 3.63) is 59.2 Å². The van der Waals surface area contributed by atoms with Crippen LogP contribution in [-0.4, -0.2) is 19.6 Å². The van der Waals surface area contributed by atoms with Gasteiger partial charge in [0.1, 0.15) is 6.20 Å². The lowest BCUT2D eigenvalue weighted by Crippen LogP contribution is -2.11. The summed E-state index contributed by atoms with van der Waals surface area (Å²) in [4.78, 5) is 11.3. The predicted molar refractivity (Wildman–Crippen MR) is 92.0 cm³/mol. The summed E-state index contributed by atoms with van der Waals surface area (Å²) in [6, 6.07) is 16.2. The number of hydrogen-bond donors (Lipinski definition) is 1. The number of halogens is 1. The Labute approximate surface area is 139 Å². The lowest BCUT2D eigenvalue weighted by Gasteiger charge is -1.92. The molecule has 0 fully saturated rings. The number of H-pyrrole nitrogens is 2. The van der Waals surface area contributed by atoms with Crippen LogP contribution in [0.5, 0.6) is 0 Å². The molecule has 3 aromatic heterocycles. The van der Waals surface area contributed by atoms with Crippen LogP contribution < -0.4 is 4.98 Å². The zero-order chi connectivity index (χ0) is 15.4. The Bertz CT molecular complexity index is 1170. The van der Waals surface area contributed by atoms with E-state index in [0.717, 1.165) is 37.8 Å². The Morgan fingerprint density at radius 2 is 1.87 bits per heavy atom. The molecule has 110 valence electrons. The minimum absolute atomic E-state index is 0.710. The van der Waals surface area contributed by atoms with E-state index in [0.29, 0.717) is 5.78 Å². The summed E-state index contributed by atoms with van der Waals surface area (Å²) in [5.74, 6) is 0.710. The van der Waals surface area contributed by atoms with Crippen LogP contribution in [0.4, 0.5) is 0 Å². The highest BCUT2D eigenvalue weighted by Crippen LogP contribution is 2.23. The van der Waals surface area contributed by atoms with E-state index in [4.69, 9.17) is 5.10 Å². The van der Waals surface area contributed by atoms with Gasteiger partial charge in [0.25, 0.3) is 0 Å². The maximum atomic E-state index is 4.71. The smallest absolute Gasteiger partial charge is 0.287 e. The van der Waals surface area contributed by atoms with Crippen molar-refractivity contribution in [1.82, 2.24) is 19.6 Å². The normalized spacial score (nSPS) is 11.7. The van der Waals surface area contributed by atoms with Gasteiger partial charge in [0, 0.05) is 15.4 Å². The first kappa shape index (κ1) is 12.8. The van der Waals surface area contributed by atoms with Crippen molar-refractivity contribution in [2.45, 2.75) is 0 Å². The molecule has 0 bridgehead atoms. The monoisotopic (exact) mass is 364 g/mol. The minimum atomic E-state index is 0.710. The maximum Gasteiger partial charge on any atom is 0.375 e. The summed E-state index contributed by atoms with van der Waals surface area (Å²) >= 11 is 3.45. The number of fused-ring (bicyclic) bond motifs is 4. The van der Waals surface area contributed by atoms with Gasteiger partial charge in [-0.15, -0.1) is 14.6 Å². The summed E-state index contributed by atoms with van der Waals surface area (Å²) < 4.78 is 2.84. The molecule has 23 heavy (non-hydrogen) atoms. The van der Waals surface area contributed by atoms with Crippen LogP contribution in [-0.2, 0) is 0 Å². The van der Waals surface area contributed by atoms with E-state index in [1.807, 2.05) is 48.7 Å². The van der Waals surface area contributed by atoms with E-state index in [1.54, 1.807) is 4.52 Å². The SMILES string of the molecule is Brc1ccc(-c2cn3nc4c([nH]c5ccccc54)[nH+]c3n2)cc1. The highest BCUT2D eigenvalue weighted by Gasteiger charge is 2.16. The van der Waals surface area contributed by atoms with Gasteiger partial charge in [-0.05, 0) is 24.3 Å². The van der Waals surface area contributed by atoms with Crippen molar-refractivity contribution in [1.29, 1.82) is 0 Å². The van der Waals surface area contributed by atoms with Crippen molar-refractivity contribution in [2.24, 2.45) is 0 Å². The maximum absolute atomic E-state index is 4.71. The molecule has 0 spiro atoms. The van der Waals surface area contributed by atoms with Crippen LogP contribution in [0.25, 0.3) is 39.1 Å². The van der Waals surface area contributed by atoms with Gasteiger partial charge < -0.3 is 0 Å². The van der Waals surface area contributed by atoms with Crippen LogP contribution in [0.2, 0.25) is 0 Å². The molecule has 0 saturated heterocycles. The Hall–Kier alpha value is -2.73. The van der Waals surface area contributed by atoms with Crippen LogP contribution in [0.15, 0.2) is 59.2 Å². The van der Waals surface area contributed by atoms with E-state index in [9.17, 15) is 0 Å². The van der Waals surface area contributed by atoms with Crippen LogP contribution >= 0.6 is 15.9 Å². The van der Waals surface area contributed by atoms with Crippen molar-refractivity contribution in [3.8, 4) is 11.3 Å². The van der Waals surface area contributed by atoms with Crippen molar-refractivity contribution < 1.29 is 4.98 Å². The van der Waals surface area contributed by atoms with Crippen LogP contribution in [0.1, 0.15) is 0 Å². The molecule has 5 rings (SSSR count). The fourth-order valence-corrected chi connectivity index (χ4v) is 3.10. The lowest BCUT2D eigenvalue weighted by molar-refractivity contribution is -0.322. The first-order valence-electron chi connectivity index (χ1n) is 7.23. The zero-order valence-electron chi connectivity index (χ0n) is 11.9. The fourth-order valence-electron chi connectivity index (χ4n) is 2.83. The predicted octanol–water partition coefficient (Wildman–Crippen LogP) is 3.61. The summed E-state index contributed by atoms with van der Waals surface area (Å²) in [5, 5.41) is 5.81. The molecule has 0 aliphatic heterocycles. The lowest BCUT2D eigenvalue weighted by atomic mass is 10.2. The highest BCUT2D eigenvalue weighted by molar-refractivity contribution is 9.10. The van der Waals surface area contributed by atoms with Gasteiger partial charge in [-0.2, -0.15) is 0 Å². The number of rotatable bonds is 1. The minimum Gasteiger partial charge on any atom is -0.287 e. The summed E-state index contributed by atoms with van der Waals surface area (Å²) in [5.41, 5.74) is 4.80. The second-order valence-electron chi connectivity index (χ2n) is 5.42. The molecule has 0 aliphatic carbocycles. The van der Waals surface area contributed by atoms with Gasteiger partial charge in [-0.25, -0.2) is 4.98 Å². The molecule has 3 heterocycles. The van der Waals surface area contributed by atoms with Gasteiger partial charge >= 0.3 is 5.78 Å². The van der Waals surface area contributed by atoms with Crippen molar-refractivity contribution >= 4 is 43.8 Å². The van der Waals surface area contributed by atoms with Gasteiger partial charge in [-0.1, -0.05) is 40.2 Å². The molecule has 2 aromatic carbocycles. The quantitative estimate of drug-likeness (QED) is 0.493. The molecule has 0 amide bonds. The molecular weight excluding hydrogens is 354 g/mol. The topological polar surface area (TPSA) is 60.1 Å². The standard InChI is InChI=1S/C17H10BrN5/c18-11-7-5-10(6-8-11)14-9-23-17(20-14)21-16-15(22-23)12-3-1-2-4-13(12)19-16/h1-9H,(H,19,20,21)/p+1. The third-order valence-corrected chi connectivity index (χ3v) is 4.48. The number of nitrogens with one attached hydrogen (secondary N) is 2. The Morgan fingerprint density at radius 3 is 2.74 bits per heavy atom. The van der Waals surface area contributed by atoms with Gasteiger partial charge in [-0.3, -0.25) is 4.98 Å². The van der Waals surface area contributed by atoms with Gasteiger partial charge in [0.15, 0.2) is 11.2 Å². The van der Waals surface area contributed by atoms with E-state index >= 15 is 0 Å². The first-order valence-corrected chi connectivity index (χ1v) is 8.02. The van der Waals surface area contributed by atoms with Crippen LogP contribution in [0.3, 0.4) is 0 Å².